The summed E-state index contributed by atoms with van der Waals surface area (Å²) >= 11 is 5.85. The maximum Gasteiger partial charge on any atom is 0.416 e. The summed E-state index contributed by atoms with van der Waals surface area (Å²) in [6, 6.07) is 1.57. The lowest BCUT2D eigenvalue weighted by Crippen LogP contribution is -2.61. The van der Waals surface area contributed by atoms with Crippen molar-refractivity contribution in [3.8, 4) is 0 Å². The average Bonchev–Trinajstić information content (AvgIpc) is 2.77. The Morgan fingerprint density at radius 1 is 1.18 bits per heavy atom. The van der Waals surface area contributed by atoms with E-state index < -0.39 is 35.7 Å². The molecule has 1 aromatic heterocycles. The Morgan fingerprint density at radius 3 is 2.68 bits per heavy atom. The van der Waals surface area contributed by atoms with Crippen molar-refractivity contribution in [2.24, 2.45) is 0 Å². The molecule has 184 valence electrons. The summed E-state index contributed by atoms with van der Waals surface area (Å²) in [5, 5.41) is 13.4. The van der Waals surface area contributed by atoms with Crippen molar-refractivity contribution >= 4 is 34.8 Å². The van der Waals surface area contributed by atoms with Crippen LogP contribution in [0.15, 0.2) is 24.5 Å². The number of benzene rings is 1. The van der Waals surface area contributed by atoms with Gasteiger partial charge in [-0.1, -0.05) is 11.6 Å². The molecule has 0 aliphatic carbocycles. The number of nitrogens with zero attached hydrogens (tertiary/aromatic N) is 4. The van der Waals surface area contributed by atoms with Gasteiger partial charge < -0.3 is 26.0 Å². The summed E-state index contributed by atoms with van der Waals surface area (Å²) in [5.41, 5.74) is 4.69. The monoisotopic (exact) mass is 502 g/mol. The smallest absolute Gasteiger partial charge is 0.391 e. The van der Waals surface area contributed by atoms with E-state index in [9.17, 15) is 27.5 Å². The lowest BCUT2D eigenvalue weighted by atomic mass is 9.95. The fraction of sp³-hybridized carbons (Fsp3) is 0.476. The molecule has 2 aliphatic rings. The molecule has 1 aromatic carbocycles. The number of nitrogens with two attached hydrogens (primary N) is 1. The number of aromatic nitrogens is 2. The van der Waals surface area contributed by atoms with Gasteiger partial charge >= 0.3 is 6.18 Å². The van der Waals surface area contributed by atoms with E-state index in [-0.39, 0.29) is 41.2 Å². The maximum absolute atomic E-state index is 14.4. The molecule has 3 atom stereocenters. The number of carbonyl (C=O) groups is 1. The van der Waals surface area contributed by atoms with Crippen molar-refractivity contribution in [1.29, 1.82) is 0 Å². The Balaban J connectivity index is 1.52. The van der Waals surface area contributed by atoms with Gasteiger partial charge in [0, 0.05) is 30.3 Å². The number of hydrogen-bond acceptors (Lipinski definition) is 7. The van der Waals surface area contributed by atoms with Gasteiger partial charge in [-0.2, -0.15) is 17.6 Å². The van der Waals surface area contributed by atoms with E-state index in [1.807, 2.05) is 0 Å². The second-order valence-electron chi connectivity index (χ2n) is 8.36. The number of alkyl halides is 3. The number of rotatable bonds is 4. The van der Waals surface area contributed by atoms with Gasteiger partial charge in [-0.05, 0) is 37.5 Å². The second kappa shape index (κ2) is 9.41. The number of aliphatic hydroxyl groups excluding tert-OH is 1. The van der Waals surface area contributed by atoms with Crippen molar-refractivity contribution in [2.75, 3.05) is 35.6 Å². The minimum absolute atomic E-state index is 0.0119. The molecular formula is C21H23ClF4N6O2. The van der Waals surface area contributed by atoms with Crippen molar-refractivity contribution in [2.45, 2.75) is 43.6 Å². The van der Waals surface area contributed by atoms with Gasteiger partial charge in [0.2, 0.25) is 11.7 Å². The quantitative estimate of drug-likeness (QED) is 0.552. The van der Waals surface area contributed by atoms with Gasteiger partial charge in [0.1, 0.15) is 12.4 Å². The number of likely N-dealkylation sites (tertiary alicyclic amines) is 1. The number of anilines is 3. The number of nitrogen functional groups attached to an aromatic ring is 1. The van der Waals surface area contributed by atoms with E-state index in [1.165, 1.54) is 11.0 Å². The van der Waals surface area contributed by atoms with E-state index in [0.29, 0.717) is 25.9 Å². The highest BCUT2D eigenvalue weighted by Crippen LogP contribution is 2.34. The van der Waals surface area contributed by atoms with E-state index in [0.717, 1.165) is 18.5 Å². The van der Waals surface area contributed by atoms with Gasteiger partial charge in [0.05, 0.1) is 17.7 Å². The molecule has 1 amide bonds. The molecular weight excluding hydrogens is 480 g/mol. The third-order valence-electron chi connectivity index (χ3n) is 6.08. The fourth-order valence-corrected chi connectivity index (χ4v) is 4.65. The highest BCUT2D eigenvalue weighted by Gasteiger charge is 2.40. The van der Waals surface area contributed by atoms with Gasteiger partial charge in [-0.15, -0.1) is 0 Å². The maximum atomic E-state index is 14.4. The number of hydrogen-bond donors (Lipinski definition) is 3. The molecule has 34 heavy (non-hydrogen) atoms. The molecule has 4 N–H and O–H groups in total. The van der Waals surface area contributed by atoms with Crippen LogP contribution in [0.2, 0.25) is 5.02 Å². The zero-order valence-electron chi connectivity index (χ0n) is 17.9. The summed E-state index contributed by atoms with van der Waals surface area (Å²) < 4.78 is 53.9. The van der Waals surface area contributed by atoms with Crippen LogP contribution in [0.1, 0.15) is 24.8 Å². The summed E-state index contributed by atoms with van der Waals surface area (Å²) in [6.45, 7) is 0.768. The van der Waals surface area contributed by atoms with Crippen molar-refractivity contribution in [1.82, 2.24) is 14.9 Å². The largest absolute Gasteiger partial charge is 0.416 e. The van der Waals surface area contributed by atoms with Crippen LogP contribution in [0.4, 0.5) is 34.9 Å². The van der Waals surface area contributed by atoms with Crippen LogP contribution in [0.25, 0.3) is 0 Å². The molecule has 0 spiro atoms. The number of amides is 1. The zero-order chi connectivity index (χ0) is 24.6. The van der Waals surface area contributed by atoms with Crippen molar-refractivity contribution < 1.29 is 27.5 Å². The number of aliphatic hydroxyl groups is 1. The first-order chi connectivity index (χ1) is 16.0. The first kappa shape index (κ1) is 24.3. The molecule has 0 saturated carbocycles. The third-order valence-corrected chi connectivity index (χ3v) is 6.30. The lowest BCUT2D eigenvalue weighted by Gasteiger charge is -2.45. The molecule has 0 radical (unpaired) electrons. The summed E-state index contributed by atoms with van der Waals surface area (Å²) in [6.07, 6.45) is -3.08. The lowest BCUT2D eigenvalue weighted by molar-refractivity contribution is -0.140. The highest BCUT2D eigenvalue weighted by atomic mass is 35.5. The molecule has 0 unspecified atom stereocenters. The van der Waals surface area contributed by atoms with Crippen LogP contribution >= 0.6 is 11.6 Å². The van der Waals surface area contributed by atoms with Crippen molar-refractivity contribution in [3.63, 3.8) is 0 Å². The van der Waals surface area contributed by atoms with E-state index in [2.05, 4.69) is 15.3 Å². The topological polar surface area (TPSA) is 108 Å². The number of carbonyl (C=O) groups excluding carboxylic acids is 1. The Bertz CT molecular complexity index is 1070. The summed E-state index contributed by atoms with van der Waals surface area (Å²) in [4.78, 5) is 23.9. The van der Waals surface area contributed by atoms with Crippen LogP contribution in [0.5, 0.6) is 0 Å². The van der Waals surface area contributed by atoms with Crippen LogP contribution in [0, 0.1) is 5.82 Å². The second-order valence-corrected chi connectivity index (χ2v) is 8.80. The molecule has 3 heterocycles. The Morgan fingerprint density at radius 2 is 1.94 bits per heavy atom. The standard InChI is InChI=1S/C21H23ClF4N6O2/c22-12-6-11(21(24,25)26)7-13(8-12)30-14-2-1-4-32(20(14)34)15-9-31(5-3-16(15)33)19-17(23)18(27)28-10-29-19/h6-8,10,14-16,30,33H,1-5,9H2,(H2,27,28,29)/t14-,15+,16+/m1/s1. The normalized spacial score (nSPS) is 23.8. The van der Waals surface area contributed by atoms with Gasteiger partial charge in [-0.25, -0.2) is 9.97 Å². The average molecular weight is 503 g/mol. The Labute approximate surface area is 197 Å². The van der Waals surface area contributed by atoms with Crippen LogP contribution in [-0.4, -0.2) is 63.7 Å². The first-order valence-electron chi connectivity index (χ1n) is 10.7. The molecule has 2 saturated heterocycles. The number of piperidine rings is 2. The van der Waals surface area contributed by atoms with Crippen LogP contribution in [-0.2, 0) is 11.0 Å². The zero-order valence-corrected chi connectivity index (χ0v) is 18.7. The van der Waals surface area contributed by atoms with Gasteiger partial charge in [0.15, 0.2) is 11.6 Å². The molecule has 13 heteroatoms. The highest BCUT2D eigenvalue weighted by molar-refractivity contribution is 6.31. The number of halogens is 5. The SMILES string of the molecule is Nc1ncnc(N2CC[C@H](O)[C@@H](N3CCC[C@@H](Nc4cc(Cl)cc(C(F)(F)F)c4)C3=O)C2)c1F. The molecule has 2 fully saturated rings. The Hall–Kier alpha value is -2.86. The first-order valence-corrected chi connectivity index (χ1v) is 11.1. The minimum atomic E-state index is -4.58. The molecule has 4 rings (SSSR count). The van der Waals surface area contributed by atoms with Crippen LogP contribution in [0.3, 0.4) is 0 Å². The summed E-state index contributed by atoms with van der Waals surface area (Å²) in [7, 11) is 0. The van der Waals surface area contributed by atoms with E-state index >= 15 is 0 Å². The molecule has 2 aliphatic heterocycles. The van der Waals surface area contributed by atoms with Gasteiger partial charge in [-0.3, -0.25) is 4.79 Å². The number of nitrogens with one attached hydrogen (secondary N) is 1. The van der Waals surface area contributed by atoms with E-state index in [4.69, 9.17) is 17.3 Å². The Kier molecular flexibility index (Phi) is 6.72. The fourth-order valence-electron chi connectivity index (χ4n) is 4.41. The third kappa shape index (κ3) is 4.97. The van der Waals surface area contributed by atoms with Gasteiger partial charge in [0.25, 0.3) is 0 Å². The summed E-state index contributed by atoms with van der Waals surface area (Å²) in [5.74, 6) is -1.45. The predicted molar refractivity (Wildman–Crippen MR) is 118 cm³/mol. The molecule has 0 bridgehead atoms. The minimum Gasteiger partial charge on any atom is -0.391 e. The predicted octanol–water partition coefficient (Wildman–Crippen LogP) is 2.91. The van der Waals surface area contributed by atoms with E-state index in [1.54, 1.807) is 4.90 Å². The van der Waals surface area contributed by atoms with Crippen molar-refractivity contribution in [3.05, 3.63) is 40.9 Å². The molecule has 2 aromatic rings. The molecule has 8 nitrogen and oxygen atoms in total. The van der Waals surface area contributed by atoms with Crippen LogP contribution < -0.4 is 16.0 Å².